The summed E-state index contributed by atoms with van der Waals surface area (Å²) in [4.78, 5) is 23.9. The molecule has 0 spiro atoms. The lowest BCUT2D eigenvalue weighted by Gasteiger charge is -2.06. The van der Waals surface area contributed by atoms with Crippen molar-refractivity contribution in [1.82, 2.24) is 5.32 Å². The van der Waals surface area contributed by atoms with Crippen LogP contribution in [0, 0.1) is 0 Å². The van der Waals surface area contributed by atoms with E-state index in [4.69, 9.17) is 4.74 Å². The Morgan fingerprint density at radius 1 is 1.08 bits per heavy atom. The summed E-state index contributed by atoms with van der Waals surface area (Å²) in [6.07, 6.45) is 9.51. The van der Waals surface area contributed by atoms with Gasteiger partial charge >= 0.3 is 0 Å². The zero-order chi connectivity index (χ0) is 17.2. The van der Waals surface area contributed by atoms with Gasteiger partial charge in [-0.1, -0.05) is 75.8 Å². The highest BCUT2D eigenvalue weighted by Crippen LogP contribution is 2.25. The minimum Gasteiger partial charge on any atom is -0.461 e. The van der Waals surface area contributed by atoms with Crippen LogP contribution in [-0.4, -0.2) is 11.7 Å². The van der Waals surface area contributed by atoms with Crippen molar-refractivity contribution in [3.8, 4) is 0 Å². The average molecular weight is 329 g/mol. The van der Waals surface area contributed by atoms with Gasteiger partial charge in [-0.3, -0.25) is 14.9 Å². The van der Waals surface area contributed by atoms with Gasteiger partial charge in [0.25, 0.3) is 5.91 Å². The standard InChI is InChI=1S/C20H27NO3/c1-2-3-4-5-6-7-11-14-17(22)15-18-21-20(23)19(24-18)16-12-9-8-10-13-16/h8-10,12-13,15,19H,2-7,11,14H2,1H3,(H,21,23)/b18-15+/t19-/m0/s1. The molecule has 1 heterocycles. The van der Waals surface area contributed by atoms with Crippen molar-refractivity contribution in [1.29, 1.82) is 0 Å². The molecule has 0 aliphatic carbocycles. The number of allylic oxidation sites excluding steroid dienone is 1. The van der Waals surface area contributed by atoms with Gasteiger partial charge < -0.3 is 4.74 Å². The van der Waals surface area contributed by atoms with Crippen LogP contribution in [0.3, 0.4) is 0 Å². The Bertz CT molecular complexity index is 566. The molecule has 1 atom stereocenters. The van der Waals surface area contributed by atoms with Crippen molar-refractivity contribution < 1.29 is 14.3 Å². The summed E-state index contributed by atoms with van der Waals surface area (Å²) >= 11 is 0. The minimum atomic E-state index is -0.663. The highest BCUT2D eigenvalue weighted by atomic mass is 16.5. The van der Waals surface area contributed by atoms with E-state index in [0.717, 1.165) is 18.4 Å². The molecule has 0 aromatic heterocycles. The molecule has 2 rings (SSSR count). The summed E-state index contributed by atoms with van der Waals surface area (Å²) in [5.74, 6) is 0.0468. The normalized spacial score (nSPS) is 18.5. The molecule has 1 amide bonds. The number of benzene rings is 1. The summed E-state index contributed by atoms with van der Waals surface area (Å²) in [6, 6.07) is 9.29. The number of hydrogen-bond acceptors (Lipinski definition) is 3. The summed E-state index contributed by atoms with van der Waals surface area (Å²) in [5, 5.41) is 2.64. The first-order valence-electron chi connectivity index (χ1n) is 8.97. The molecule has 1 saturated heterocycles. The lowest BCUT2D eigenvalue weighted by atomic mass is 10.1. The Morgan fingerprint density at radius 3 is 2.46 bits per heavy atom. The molecule has 1 aliphatic heterocycles. The Balaban J connectivity index is 1.72. The van der Waals surface area contributed by atoms with E-state index in [1.54, 1.807) is 0 Å². The van der Waals surface area contributed by atoms with Gasteiger partial charge in [-0.25, -0.2) is 0 Å². The van der Waals surface area contributed by atoms with Crippen molar-refractivity contribution in [2.24, 2.45) is 0 Å². The number of nitrogens with one attached hydrogen (secondary N) is 1. The van der Waals surface area contributed by atoms with Crippen LogP contribution in [0.15, 0.2) is 42.3 Å². The second kappa shape index (κ2) is 9.91. The minimum absolute atomic E-state index is 0.00701. The third kappa shape index (κ3) is 5.84. The molecule has 4 nitrogen and oxygen atoms in total. The van der Waals surface area contributed by atoms with Gasteiger partial charge in [0.2, 0.25) is 6.10 Å². The number of rotatable bonds is 10. The highest BCUT2D eigenvalue weighted by molar-refractivity contribution is 5.92. The van der Waals surface area contributed by atoms with E-state index in [-0.39, 0.29) is 17.6 Å². The van der Waals surface area contributed by atoms with Crippen molar-refractivity contribution in [2.45, 2.75) is 64.4 Å². The molecule has 1 aromatic carbocycles. The van der Waals surface area contributed by atoms with Crippen molar-refractivity contribution in [3.63, 3.8) is 0 Å². The highest BCUT2D eigenvalue weighted by Gasteiger charge is 2.31. The van der Waals surface area contributed by atoms with Gasteiger partial charge in [0.15, 0.2) is 11.7 Å². The van der Waals surface area contributed by atoms with Gasteiger partial charge in [-0.2, -0.15) is 0 Å². The smallest absolute Gasteiger partial charge is 0.272 e. The van der Waals surface area contributed by atoms with Crippen molar-refractivity contribution >= 4 is 11.7 Å². The maximum absolute atomic E-state index is 12.0. The number of amides is 1. The van der Waals surface area contributed by atoms with E-state index in [2.05, 4.69) is 12.2 Å². The largest absolute Gasteiger partial charge is 0.461 e. The molecule has 24 heavy (non-hydrogen) atoms. The van der Waals surface area contributed by atoms with E-state index in [1.807, 2.05) is 30.3 Å². The summed E-state index contributed by atoms with van der Waals surface area (Å²) in [7, 11) is 0. The van der Waals surface area contributed by atoms with Gasteiger partial charge in [0.1, 0.15) is 0 Å². The Kier molecular flexibility index (Phi) is 7.53. The average Bonchev–Trinajstić information content (AvgIpc) is 2.95. The molecular weight excluding hydrogens is 302 g/mol. The molecular formula is C20H27NO3. The Hall–Kier alpha value is -2.10. The summed E-state index contributed by atoms with van der Waals surface area (Å²) in [6.45, 7) is 2.21. The van der Waals surface area contributed by atoms with Gasteiger partial charge in [0.05, 0.1) is 0 Å². The predicted octanol–water partition coefficient (Wildman–Crippen LogP) is 4.43. The summed E-state index contributed by atoms with van der Waals surface area (Å²) in [5.41, 5.74) is 0.790. The summed E-state index contributed by atoms with van der Waals surface area (Å²) < 4.78 is 5.58. The number of ketones is 1. The van der Waals surface area contributed by atoms with E-state index < -0.39 is 6.10 Å². The van der Waals surface area contributed by atoms with Gasteiger partial charge in [-0.15, -0.1) is 0 Å². The van der Waals surface area contributed by atoms with E-state index >= 15 is 0 Å². The number of carbonyl (C=O) groups excluding carboxylic acids is 2. The fourth-order valence-corrected chi connectivity index (χ4v) is 2.79. The van der Waals surface area contributed by atoms with Crippen molar-refractivity contribution in [2.75, 3.05) is 0 Å². The Labute approximate surface area is 144 Å². The molecule has 0 saturated carbocycles. The molecule has 1 N–H and O–H groups in total. The first-order valence-corrected chi connectivity index (χ1v) is 8.97. The predicted molar refractivity (Wildman–Crippen MR) is 94.1 cm³/mol. The quantitative estimate of drug-likeness (QED) is 0.510. The first kappa shape index (κ1) is 18.2. The van der Waals surface area contributed by atoms with Crippen LogP contribution in [0.25, 0.3) is 0 Å². The fourth-order valence-electron chi connectivity index (χ4n) is 2.79. The topological polar surface area (TPSA) is 55.4 Å². The monoisotopic (exact) mass is 329 g/mol. The number of carbonyl (C=O) groups is 2. The third-order valence-electron chi connectivity index (χ3n) is 4.15. The molecule has 1 aromatic rings. The van der Waals surface area contributed by atoms with Crippen LogP contribution in [0.5, 0.6) is 0 Å². The maximum Gasteiger partial charge on any atom is 0.272 e. The van der Waals surface area contributed by atoms with Crippen LogP contribution >= 0.6 is 0 Å². The molecule has 0 bridgehead atoms. The maximum atomic E-state index is 12.0. The lowest BCUT2D eigenvalue weighted by molar-refractivity contribution is -0.123. The lowest BCUT2D eigenvalue weighted by Crippen LogP contribution is -2.17. The van der Waals surface area contributed by atoms with Gasteiger partial charge in [0, 0.05) is 18.1 Å². The van der Waals surface area contributed by atoms with E-state index in [0.29, 0.717) is 6.42 Å². The second-order valence-corrected chi connectivity index (χ2v) is 6.24. The zero-order valence-corrected chi connectivity index (χ0v) is 14.4. The number of ether oxygens (including phenoxy) is 1. The van der Waals surface area contributed by atoms with Gasteiger partial charge in [-0.05, 0) is 6.42 Å². The fraction of sp³-hybridized carbons (Fsp3) is 0.500. The second-order valence-electron chi connectivity index (χ2n) is 6.24. The SMILES string of the molecule is CCCCCCCCCC(=O)/C=C1\NC(=O)[C@H](c2ccccc2)O1. The first-order chi connectivity index (χ1) is 11.7. The molecule has 130 valence electrons. The zero-order valence-electron chi connectivity index (χ0n) is 14.4. The van der Waals surface area contributed by atoms with Crippen LogP contribution in [0.4, 0.5) is 0 Å². The number of hydrogen-bond donors (Lipinski definition) is 1. The molecule has 0 radical (unpaired) electrons. The number of unbranched alkanes of at least 4 members (excludes halogenated alkanes) is 6. The van der Waals surface area contributed by atoms with E-state index in [9.17, 15) is 9.59 Å². The van der Waals surface area contributed by atoms with Crippen LogP contribution < -0.4 is 5.32 Å². The molecule has 1 aliphatic rings. The molecule has 0 unspecified atom stereocenters. The van der Waals surface area contributed by atoms with Crippen LogP contribution in [-0.2, 0) is 14.3 Å². The third-order valence-corrected chi connectivity index (χ3v) is 4.15. The van der Waals surface area contributed by atoms with Crippen molar-refractivity contribution in [3.05, 3.63) is 47.9 Å². The van der Waals surface area contributed by atoms with E-state index in [1.165, 1.54) is 38.2 Å². The molecule has 1 fully saturated rings. The van der Waals surface area contributed by atoms with Crippen LogP contribution in [0.2, 0.25) is 0 Å². The molecule has 4 heteroatoms. The van der Waals surface area contributed by atoms with Crippen LogP contribution in [0.1, 0.15) is 70.0 Å². The Morgan fingerprint density at radius 2 is 1.75 bits per heavy atom.